The average molecular weight is 532 g/mol. The van der Waals surface area contributed by atoms with Gasteiger partial charge in [0.1, 0.15) is 12.4 Å². The van der Waals surface area contributed by atoms with Crippen LogP contribution in [0.1, 0.15) is 28.9 Å². The minimum atomic E-state index is -4.16. The number of para-hydroxylation sites is 1. The first-order valence-corrected chi connectivity index (χ1v) is 13.3. The lowest BCUT2D eigenvalue weighted by Crippen LogP contribution is -2.38. The lowest BCUT2D eigenvalue weighted by atomic mass is 10.1. The molecule has 0 saturated carbocycles. The van der Waals surface area contributed by atoms with Crippen LogP contribution in [0.3, 0.4) is 0 Å². The molecule has 0 aliphatic rings. The molecule has 0 aromatic heterocycles. The number of amides is 2. The molecule has 0 aliphatic heterocycles. The van der Waals surface area contributed by atoms with Crippen molar-refractivity contribution in [3.63, 3.8) is 0 Å². The largest absolute Gasteiger partial charge is 0.345 e. The Balaban J connectivity index is 1.57. The van der Waals surface area contributed by atoms with Crippen molar-refractivity contribution in [1.82, 2.24) is 5.32 Å². The third kappa shape index (κ3) is 6.24. The van der Waals surface area contributed by atoms with Crippen molar-refractivity contribution in [2.45, 2.75) is 17.9 Å². The van der Waals surface area contributed by atoms with Gasteiger partial charge in [-0.2, -0.15) is 0 Å². The third-order valence-electron chi connectivity index (χ3n) is 5.83. The fourth-order valence-electron chi connectivity index (χ4n) is 3.85. The summed E-state index contributed by atoms with van der Waals surface area (Å²) in [6.07, 6.45) is 0. The van der Waals surface area contributed by atoms with Gasteiger partial charge in [-0.05, 0) is 61.0 Å². The molecule has 2 N–H and O–H groups in total. The number of anilines is 2. The van der Waals surface area contributed by atoms with E-state index in [1.165, 1.54) is 24.3 Å². The average Bonchev–Trinajstić information content (AvgIpc) is 2.93. The molecule has 4 aromatic rings. The van der Waals surface area contributed by atoms with E-state index in [1.807, 2.05) is 37.3 Å². The van der Waals surface area contributed by atoms with Gasteiger partial charge in [0, 0.05) is 0 Å². The number of halogens is 1. The van der Waals surface area contributed by atoms with Gasteiger partial charge >= 0.3 is 0 Å². The lowest BCUT2D eigenvalue weighted by molar-refractivity contribution is -0.114. The van der Waals surface area contributed by atoms with E-state index < -0.39 is 34.2 Å². The highest BCUT2D eigenvalue weighted by Crippen LogP contribution is 2.25. The highest BCUT2D eigenvalue weighted by molar-refractivity contribution is 7.92. The first kappa shape index (κ1) is 26.6. The Morgan fingerprint density at radius 2 is 1.39 bits per heavy atom. The van der Waals surface area contributed by atoms with Crippen molar-refractivity contribution in [3.8, 4) is 0 Å². The molecular weight excluding hydrogens is 505 g/mol. The van der Waals surface area contributed by atoms with Crippen LogP contribution in [-0.4, -0.2) is 26.8 Å². The Hall–Kier alpha value is -4.50. The minimum absolute atomic E-state index is 0.0215. The predicted octanol–water partition coefficient (Wildman–Crippen LogP) is 5.15. The Morgan fingerprint density at radius 1 is 0.816 bits per heavy atom. The maximum Gasteiger partial charge on any atom is 0.264 e. The van der Waals surface area contributed by atoms with Crippen molar-refractivity contribution in [2.24, 2.45) is 0 Å². The summed E-state index contributed by atoms with van der Waals surface area (Å²) in [6.45, 7) is 1.25. The first-order chi connectivity index (χ1) is 18.3. The van der Waals surface area contributed by atoms with E-state index in [1.54, 1.807) is 42.5 Å². The Bertz CT molecular complexity index is 1510. The Morgan fingerprint density at radius 3 is 2.05 bits per heavy atom. The summed E-state index contributed by atoms with van der Waals surface area (Å²) in [5.41, 5.74) is 1.49. The fourth-order valence-corrected chi connectivity index (χ4v) is 5.29. The van der Waals surface area contributed by atoms with Crippen LogP contribution in [-0.2, 0) is 14.8 Å². The van der Waals surface area contributed by atoms with Crippen molar-refractivity contribution in [3.05, 3.63) is 126 Å². The SMILES string of the molecule is C[C@H](NC(=O)c1ccccc1NC(=O)CN(c1ccc(F)cc1)S(=O)(=O)c1ccccc1)c1ccccc1. The molecule has 0 saturated heterocycles. The van der Waals surface area contributed by atoms with Gasteiger partial charge in [0.2, 0.25) is 5.91 Å². The van der Waals surface area contributed by atoms with E-state index in [-0.39, 0.29) is 27.9 Å². The number of benzene rings is 4. The smallest absolute Gasteiger partial charge is 0.264 e. The molecule has 0 radical (unpaired) electrons. The number of carbonyl (C=O) groups excluding carboxylic acids is 2. The molecule has 0 spiro atoms. The van der Waals surface area contributed by atoms with Crippen molar-refractivity contribution < 1.29 is 22.4 Å². The number of nitrogens with zero attached hydrogens (tertiary/aromatic N) is 1. The first-order valence-electron chi connectivity index (χ1n) is 11.8. The second kappa shape index (κ2) is 11.7. The summed E-state index contributed by atoms with van der Waals surface area (Å²) < 4.78 is 41.3. The normalized spacial score (nSPS) is 11.8. The van der Waals surface area contributed by atoms with Crippen LogP contribution in [0, 0.1) is 5.82 Å². The standard InChI is InChI=1S/C29H26FN3O4S/c1-21(22-10-4-2-5-11-22)31-29(35)26-14-8-9-15-27(26)32-28(34)20-33(24-18-16-23(30)17-19-24)38(36,37)25-12-6-3-7-13-25/h2-19,21H,20H2,1H3,(H,31,35)(H,32,34)/t21-/m0/s1. The molecule has 0 heterocycles. The van der Waals surface area contributed by atoms with E-state index in [2.05, 4.69) is 10.6 Å². The molecule has 1 atom stereocenters. The summed E-state index contributed by atoms with van der Waals surface area (Å²) in [5.74, 6) is -1.62. The summed E-state index contributed by atoms with van der Waals surface area (Å²) in [5, 5.41) is 5.57. The van der Waals surface area contributed by atoms with E-state index in [9.17, 15) is 22.4 Å². The quantitative estimate of drug-likeness (QED) is 0.312. The molecule has 0 fully saturated rings. The molecule has 38 heavy (non-hydrogen) atoms. The van der Waals surface area contributed by atoms with E-state index in [0.717, 1.165) is 22.0 Å². The molecule has 0 bridgehead atoms. The van der Waals surface area contributed by atoms with Crippen LogP contribution in [0.5, 0.6) is 0 Å². The zero-order valence-electron chi connectivity index (χ0n) is 20.5. The number of carbonyl (C=O) groups is 2. The van der Waals surface area contributed by atoms with Crippen LogP contribution < -0.4 is 14.9 Å². The zero-order valence-corrected chi connectivity index (χ0v) is 21.4. The number of hydrogen-bond acceptors (Lipinski definition) is 4. The molecule has 2 amide bonds. The van der Waals surface area contributed by atoms with E-state index in [0.29, 0.717) is 0 Å². The van der Waals surface area contributed by atoms with Gasteiger partial charge in [-0.3, -0.25) is 13.9 Å². The second-order valence-electron chi connectivity index (χ2n) is 8.50. The summed E-state index contributed by atoms with van der Waals surface area (Å²) in [4.78, 5) is 26.2. The van der Waals surface area contributed by atoms with Crippen molar-refractivity contribution in [1.29, 1.82) is 0 Å². The zero-order chi connectivity index (χ0) is 27.1. The lowest BCUT2D eigenvalue weighted by Gasteiger charge is -2.24. The number of sulfonamides is 1. The van der Waals surface area contributed by atoms with E-state index >= 15 is 0 Å². The molecule has 7 nitrogen and oxygen atoms in total. The molecular formula is C29H26FN3O4S. The molecule has 4 aromatic carbocycles. The van der Waals surface area contributed by atoms with Gasteiger partial charge in [0.15, 0.2) is 0 Å². The minimum Gasteiger partial charge on any atom is -0.345 e. The highest BCUT2D eigenvalue weighted by atomic mass is 32.2. The van der Waals surface area contributed by atoms with Crippen LogP contribution in [0.25, 0.3) is 0 Å². The van der Waals surface area contributed by atoms with Crippen molar-refractivity contribution in [2.75, 3.05) is 16.2 Å². The fraction of sp³-hybridized carbons (Fsp3) is 0.103. The van der Waals surface area contributed by atoms with Crippen LogP contribution >= 0.6 is 0 Å². The number of nitrogens with one attached hydrogen (secondary N) is 2. The molecule has 0 aliphatic carbocycles. The van der Waals surface area contributed by atoms with Gasteiger partial charge in [0.05, 0.1) is 27.9 Å². The summed E-state index contributed by atoms with van der Waals surface area (Å²) in [6, 6.07) is 28.1. The third-order valence-corrected chi connectivity index (χ3v) is 7.61. The van der Waals surface area contributed by atoms with Gasteiger partial charge < -0.3 is 10.6 Å². The second-order valence-corrected chi connectivity index (χ2v) is 10.4. The van der Waals surface area contributed by atoms with Crippen molar-refractivity contribution >= 4 is 33.2 Å². The number of hydrogen-bond donors (Lipinski definition) is 2. The van der Waals surface area contributed by atoms with Gasteiger partial charge in [0.25, 0.3) is 15.9 Å². The highest BCUT2D eigenvalue weighted by Gasteiger charge is 2.27. The predicted molar refractivity (Wildman–Crippen MR) is 145 cm³/mol. The van der Waals surface area contributed by atoms with Gasteiger partial charge in [-0.1, -0.05) is 60.7 Å². The Labute approximate surface area is 221 Å². The molecule has 9 heteroatoms. The van der Waals surface area contributed by atoms with Gasteiger partial charge in [-0.15, -0.1) is 0 Å². The van der Waals surface area contributed by atoms with Crippen LogP contribution in [0.15, 0.2) is 114 Å². The van der Waals surface area contributed by atoms with Crippen LogP contribution in [0.2, 0.25) is 0 Å². The van der Waals surface area contributed by atoms with E-state index in [4.69, 9.17) is 0 Å². The van der Waals surface area contributed by atoms with Gasteiger partial charge in [-0.25, -0.2) is 12.8 Å². The maximum atomic E-state index is 13.6. The monoisotopic (exact) mass is 531 g/mol. The Kier molecular flexibility index (Phi) is 8.18. The molecule has 4 rings (SSSR count). The number of rotatable bonds is 9. The summed E-state index contributed by atoms with van der Waals surface area (Å²) >= 11 is 0. The molecule has 0 unspecified atom stereocenters. The summed E-state index contributed by atoms with van der Waals surface area (Å²) in [7, 11) is -4.16. The maximum absolute atomic E-state index is 13.6. The topological polar surface area (TPSA) is 95.6 Å². The van der Waals surface area contributed by atoms with Crippen LogP contribution in [0.4, 0.5) is 15.8 Å². The molecule has 194 valence electrons.